The lowest BCUT2D eigenvalue weighted by Crippen LogP contribution is -2.37. The SMILES string of the molecule is NC(=S)c1ncccc1S(=O)(=O)NC1CNC(=O)C1. The van der Waals surface area contributed by atoms with Crippen LogP contribution in [0.25, 0.3) is 0 Å². The number of hydrogen-bond donors (Lipinski definition) is 3. The average molecular weight is 300 g/mol. The topological polar surface area (TPSA) is 114 Å². The molecule has 9 heteroatoms. The minimum atomic E-state index is -3.82. The highest BCUT2D eigenvalue weighted by molar-refractivity contribution is 7.89. The molecule has 0 spiro atoms. The van der Waals surface area contributed by atoms with Crippen LogP contribution in [0.1, 0.15) is 12.1 Å². The third-order valence-corrected chi connectivity index (χ3v) is 4.34. The predicted molar refractivity (Wildman–Crippen MR) is 71.9 cm³/mol. The van der Waals surface area contributed by atoms with Gasteiger partial charge in [-0.1, -0.05) is 12.2 Å². The highest BCUT2D eigenvalue weighted by Gasteiger charge is 2.28. The fourth-order valence-electron chi connectivity index (χ4n) is 1.76. The molecule has 1 aliphatic rings. The van der Waals surface area contributed by atoms with Crippen LogP contribution in [0.4, 0.5) is 0 Å². The molecule has 1 fully saturated rings. The fourth-order valence-corrected chi connectivity index (χ4v) is 3.40. The van der Waals surface area contributed by atoms with Gasteiger partial charge in [0.25, 0.3) is 0 Å². The second-order valence-electron chi connectivity index (χ2n) is 4.04. The van der Waals surface area contributed by atoms with Gasteiger partial charge < -0.3 is 11.1 Å². The van der Waals surface area contributed by atoms with Gasteiger partial charge in [-0.15, -0.1) is 0 Å². The standard InChI is InChI=1S/C10H12N4O3S2/c11-10(18)9-7(2-1-3-12-9)19(16,17)14-6-4-8(15)13-5-6/h1-3,6,14H,4-5H2,(H2,11,18)(H,13,15). The highest BCUT2D eigenvalue weighted by Crippen LogP contribution is 2.14. The van der Waals surface area contributed by atoms with Gasteiger partial charge in [0.15, 0.2) is 0 Å². The first-order valence-electron chi connectivity index (χ1n) is 5.44. The summed E-state index contributed by atoms with van der Waals surface area (Å²) in [6, 6.07) is 2.37. The van der Waals surface area contributed by atoms with Crippen molar-refractivity contribution in [3.05, 3.63) is 24.0 Å². The Labute approximate surface area is 115 Å². The summed E-state index contributed by atoms with van der Waals surface area (Å²) in [6.07, 6.45) is 1.52. The van der Waals surface area contributed by atoms with Gasteiger partial charge in [0.2, 0.25) is 15.9 Å². The molecule has 1 unspecified atom stereocenters. The molecule has 1 saturated heterocycles. The number of nitrogens with zero attached hydrogens (tertiary/aromatic N) is 1. The highest BCUT2D eigenvalue weighted by atomic mass is 32.2. The van der Waals surface area contributed by atoms with E-state index in [1.54, 1.807) is 0 Å². The minimum absolute atomic E-state index is 0.0438. The molecule has 4 N–H and O–H groups in total. The summed E-state index contributed by atoms with van der Waals surface area (Å²) in [5.41, 5.74) is 5.50. The van der Waals surface area contributed by atoms with E-state index in [0.717, 1.165) is 0 Å². The molecule has 0 bridgehead atoms. The van der Waals surface area contributed by atoms with Crippen LogP contribution in [-0.2, 0) is 14.8 Å². The lowest BCUT2D eigenvalue weighted by Gasteiger charge is -2.13. The number of pyridine rings is 1. The molecule has 7 nitrogen and oxygen atoms in total. The zero-order valence-corrected chi connectivity index (χ0v) is 11.4. The summed E-state index contributed by atoms with van der Waals surface area (Å²) in [7, 11) is -3.82. The van der Waals surface area contributed by atoms with E-state index in [1.165, 1.54) is 18.3 Å². The molecule has 1 aromatic rings. The van der Waals surface area contributed by atoms with E-state index < -0.39 is 16.1 Å². The summed E-state index contributed by atoms with van der Waals surface area (Å²) < 4.78 is 26.9. The monoisotopic (exact) mass is 300 g/mol. The zero-order chi connectivity index (χ0) is 14.0. The van der Waals surface area contributed by atoms with Crippen molar-refractivity contribution >= 4 is 33.1 Å². The molecular weight excluding hydrogens is 288 g/mol. The van der Waals surface area contributed by atoms with Crippen molar-refractivity contribution in [2.45, 2.75) is 17.4 Å². The lowest BCUT2D eigenvalue weighted by atomic mass is 10.3. The molecule has 0 saturated carbocycles. The maximum absolute atomic E-state index is 12.2. The van der Waals surface area contributed by atoms with Gasteiger partial charge in [0.1, 0.15) is 15.6 Å². The van der Waals surface area contributed by atoms with Crippen LogP contribution in [0.15, 0.2) is 23.2 Å². The Bertz CT molecular complexity index is 629. The van der Waals surface area contributed by atoms with E-state index >= 15 is 0 Å². The number of thiocarbonyl (C=S) groups is 1. The van der Waals surface area contributed by atoms with Crippen molar-refractivity contribution in [2.24, 2.45) is 5.73 Å². The van der Waals surface area contributed by atoms with E-state index in [9.17, 15) is 13.2 Å². The second-order valence-corrected chi connectivity index (χ2v) is 6.16. The minimum Gasteiger partial charge on any atom is -0.388 e. The van der Waals surface area contributed by atoms with Gasteiger partial charge in [-0.2, -0.15) is 0 Å². The van der Waals surface area contributed by atoms with Crippen LogP contribution in [-0.4, -0.2) is 36.9 Å². The number of carbonyl (C=O) groups is 1. The molecule has 1 atom stereocenters. The molecular formula is C10H12N4O3S2. The Hall–Kier alpha value is -1.58. The summed E-state index contributed by atoms with van der Waals surface area (Å²) in [4.78, 5) is 14.7. The second kappa shape index (κ2) is 5.19. The third kappa shape index (κ3) is 3.06. The molecule has 2 heterocycles. The van der Waals surface area contributed by atoms with Crippen LogP contribution in [0.3, 0.4) is 0 Å². The Kier molecular flexibility index (Phi) is 3.78. The Morgan fingerprint density at radius 3 is 2.89 bits per heavy atom. The Morgan fingerprint density at radius 2 is 2.32 bits per heavy atom. The summed E-state index contributed by atoms with van der Waals surface area (Å²) in [5, 5.41) is 2.55. The van der Waals surface area contributed by atoms with Gasteiger partial charge in [-0.3, -0.25) is 9.78 Å². The quantitative estimate of drug-likeness (QED) is 0.607. The van der Waals surface area contributed by atoms with Crippen LogP contribution in [0, 0.1) is 0 Å². The van der Waals surface area contributed by atoms with Gasteiger partial charge in [-0.25, -0.2) is 13.1 Å². The average Bonchev–Trinajstić information content (AvgIpc) is 2.74. The largest absolute Gasteiger partial charge is 0.388 e. The van der Waals surface area contributed by atoms with Crippen molar-refractivity contribution in [3.8, 4) is 0 Å². The molecule has 2 rings (SSSR count). The maximum atomic E-state index is 12.2. The molecule has 19 heavy (non-hydrogen) atoms. The first-order valence-corrected chi connectivity index (χ1v) is 7.33. The van der Waals surface area contributed by atoms with Gasteiger partial charge in [-0.05, 0) is 12.1 Å². The van der Waals surface area contributed by atoms with Crippen molar-refractivity contribution in [2.75, 3.05) is 6.54 Å². The van der Waals surface area contributed by atoms with Crippen molar-refractivity contribution in [1.29, 1.82) is 0 Å². The summed E-state index contributed by atoms with van der Waals surface area (Å²) >= 11 is 4.78. The molecule has 1 amide bonds. The first-order chi connectivity index (χ1) is 8.90. The Morgan fingerprint density at radius 1 is 1.58 bits per heavy atom. The van der Waals surface area contributed by atoms with Crippen molar-refractivity contribution < 1.29 is 13.2 Å². The molecule has 0 aliphatic carbocycles. The molecule has 0 aromatic carbocycles. The fraction of sp³-hybridized carbons (Fsp3) is 0.300. The van der Waals surface area contributed by atoms with Gasteiger partial charge in [0.05, 0.1) is 0 Å². The number of nitrogens with two attached hydrogens (primary N) is 1. The van der Waals surface area contributed by atoms with Crippen molar-refractivity contribution in [1.82, 2.24) is 15.0 Å². The number of aromatic nitrogens is 1. The van der Waals surface area contributed by atoms with E-state index in [2.05, 4.69) is 15.0 Å². The van der Waals surface area contributed by atoms with Gasteiger partial charge >= 0.3 is 0 Å². The lowest BCUT2D eigenvalue weighted by molar-refractivity contribution is -0.119. The number of amides is 1. The number of rotatable bonds is 4. The van der Waals surface area contributed by atoms with E-state index in [4.69, 9.17) is 18.0 Å². The maximum Gasteiger partial charge on any atom is 0.243 e. The van der Waals surface area contributed by atoms with E-state index in [0.29, 0.717) is 0 Å². The first kappa shape index (κ1) is 13.8. The van der Waals surface area contributed by atoms with Gasteiger partial charge in [0, 0.05) is 25.2 Å². The number of carbonyl (C=O) groups excluding carboxylic acids is 1. The molecule has 102 valence electrons. The summed E-state index contributed by atoms with van der Waals surface area (Å²) in [5.74, 6) is -0.187. The van der Waals surface area contributed by atoms with Crippen LogP contribution >= 0.6 is 12.2 Å². The molecule has 0 radical (unpaired) electrons. The van der Waals surface area contributed by atoms with E-state index in [1.807, 2.05) is 0 Å². The van der Waals surface area contributed by atoms with E-state index in [-0.39, 0.29) is 34.5 Å². The molecule has 1 aromatic heterocycles. The third-order valence-electron chi connectivity index (χ3n) is 2.59. The number of nitrogens with one attached hydrogen (secondary N) is 2. The Balaban J connectivity index is 2.29. The van der Waals surface area contributed by atoms with Crippen LogP contribution in [0.2, 0.25) is 0 Å². The molecule has 1 aliphatic heterocycles. The smallest absolute Gasteiger partial charge is 0.243 e. The predicted octanol–water partition coefficient (Wildman–Crippen LogP) is -1.12. The van der Waals surface area contributed by atoms with Crippen LogP contribution in [0.5, 0.6) is 0 Å². The number of hydrogen-bond acceptors (Lipinski definition) is 5. The zero-order valence-electron chi connectivity index (χ0n) is 9.79. The number of sulfonamides is 1. The van der Waals surface area contributed by atoms with Crippen molar-refractivity contribution in [3.63, 3.8) is 0 Å². The van der Waals surface area contributed by atoms with Crippen LogP contribution < -0.4 is 15.8 Å². The summed E-state index contributed by atoms with van der Waals surface area (Å²) in [6.45, 7) is 0.265. The normalized spacial score (nSPS) is 19.2.